The van der Waals surface area contributed by atoms with Gasteiger partial charge in [-0.25, -0.2) is 13.1 Å². The average Bonchev–Trinajstić information content (AvgIpc) is 2.40. The number of rotatable bonds is 8. The summed E-state index contributed by atoms with van der Waals surface area (Å²) in [6.45, 7) is 1.34. The number of halogens is 2. The van der Waals surface area contributed by atoms with E-state index in [4.69, 9.17) is 21.8 Å². The lowest BCUT2D eigenvalue weighted by Crippen LogP contribution is -2.41. The van der Waals surface area contributed by atoms with Gasteiger partial charge in [-0.05, 0) is 29.3 Å². The predicted molar refractivity (Wildman–Crippen MR) is 84.7 cm³/mol. The number of aliphatic carboxylic acids is 2. The second-order valence-corrected chi connectivity index (χ2v) is 7.64. The van der Waals surface area contributed by atoms with Crippen LogP contribution in [-0.4, -0.2) is 41.6 Å². The van der Waals surface area contributed by atoms with Crippen molar-refractivity contribution in [3.8, 4) is 0 Å². The van der Waals surface area contributed by atoms with Gasteiger partial charge in [0.25, 0.3) is 0 Å². The highest BCUT2D eigenvalue weighted by Crippen LogP contribution is 2.28. The van der Waals surface area contributed by atoms with Crippen molar-refractivity contribution in [3.05, 3.63) is 21.9 Å². The molecule has 0 aliphatic heterocycles. The number of aromatic nitrogens is 1. The van der Waals surface area contributed by atoms with Crippen molar-refractivity contribution < 1.29 is 28.2 Å². The normalized spacial score (nSPS) is 14.2. The van der Waals surface area contributed by atoms with Gasteiger partial charge in [0, 0.05) is 24.9 Å². The molecule has 0 aliphatic rings. The van der Waals surface area contributed by atoms with Gasteiger partial charge in [0.2, 0.25) is 10.0 Å². The van der Waals surface area contributed by atoms with Gasteiger partial charge < -0.3 is 10.2 Å². The number of hydrogen-bond acceptors (Lipinski definition) is 5. The van der Waals surface area contributed by atoms with E-state index in [-0.39, 0.29) is 27.2 Å². The zero-order valence-corrected chi connectivity index (χ0v) is 15.0. The third-order valence-electron chi connectivity index (χ3n) is 3.03. The first-order chi connectivity index (χ1) is 10.6. The average molecular weight is 430 g/mol. The van der Waals surface area contributed by atoms with Gasteiger partial charge in [0.05, 0.1) is 15.4 Å². The third kappa shape index (κ3) is 5.41. The molecular formula is C12H14BrClN2O6S. The minimum Gasteiger partial charge on any atom is -0.481 e. The molecule has 0 amide bonds. The first-order valence-electron chi connectivity index (χ1n) is 6.32. The molecule has 1 heterocycles. The Labute approximate surface area is 146 Å². The van der Waals surface area contributed by atoms with E-state index in [2.05, 4.69) is 25.6 Å². The molecule has 0 saturated heterocycles. The zero-order chi connectivity index (χ0) is 17.8. The Morgan fingerprint density at radius 2 is 2.00 bits per heavy atom. The fraction of sp³-hybridized carbons (Fsp3) is 0.417. The number of carboxylic acid groups (broad SMARTS) is 2. The Morgan fingerprint density at radius 3 is 2.52 bits per heavy atom. The molecule has 2 unspecified atom stereocenters. The molecular weight excluding hydrogens is 416 g/mol. The maximum atomic E-state index is 12.3. The molecule has 0 saturated carbocycles. The summed E-state index contributed by atoms with van der Waals surface area (Å²) in [5, 5.41) is 17.7. The van der Waals surface area contributed by atoms with Crippen LogP contribution in [0.1, 0.15) is 19.8 Å². The summed E-state index contributed by atoms with van der Waals surface area (Å²) >= 11 is 8.96. The Balaban J connectivity index is 3.00. The van der Waals surface area contributed by atoms with Crippen molar-refractivity contribution >= 4 is 49.5 Å². The minimum absolute atomic E-state index is 0.0860. The van der Waals surface area contributed by atoms with Crippen molar-refractivity contribution in [1.82, 2.24) is 9.71 Å². The van der Waals surface area contributed by atoms with Crippen LogP contribution < -0.4 is 4.72 Å². The third-order valence-corrected chi connectivity index (χ3v) is 5.95. The summed E-state index contributed by atoms with van der Waals surface area (Å²) in [6, 6.07) is -1.04. The maximum Gasteiger partial charge on any atom is 0.308 e. The molecule has 0 aromatic carbocycles. The molecule has 1 rings (SSSR count). The molecule has 23 heavy (non-hydrogen) atoms. The fourth-order valence-corrected chi connectivity index (χ4v) is 4.04. The summed E-state index contributed by atoms with van der Waals surface area (Å²) in [4.78, 5) is 25.2. The Hall–Kier alpha value is -1.23. The van der Waals surface area contributed by atoms with Crippen LogP contribution in [-0.2, 0) is 19.6 Å². The molecule has 11 heteroatoms. The van der Waals surface area contributed by atoms with E-state index in [9.17, 15) is 18.0 Å². The van der Waals surface area contributed by atoms with Crippen LogP contribution in [0.2, 0.25) is 5.02 Å². The van der Waals surface area contributed by atoms with Gasteiger partial charge in [-0.1, -0.05) is 11.6 Å². The molecule has 0 bridgehead atoms. The van der Waals surface area contributed by atoms with Gasteiger partial charge in [-0.3, -0.25) is 14.6 Å². The second-order valence-electron chi connectivity index (χ2n) is 4.72. The number of nitrogens with one attached hydrogen (secondary N) is 1. The lowest BCUT2D eigenvalue weighted by atomic mass is 9.97. The number of hydrogen-bond donors (Lipinski definition) is 3. The molecule has 0 radical (unpaired) electrons. The van der Waals surface area contributed by atoms with Crippen molar-refractivity contribution in [2.75, 3.05) is 0 Å². The lowest BCUT2D eigenvalue weighted by Gasteiger charge is -2.21. The highest BCUT2D eigenvalue weighted by Gasteiger charge is 2.30. The SMILES string of the molecule is CC(NS(=O)(=O)c1cncc(Br)c1Cl)C(CCC(=O)O)C(=O)O. The molecule has 128 valence electrons. The first kappa shape index (κ1) is 19.8. The van der Waals surface area contributed by atoms with E-state index >= 15 is 0 Å². The van der Waals surface area contributed by atoms with Gasteiger partial charge in [-0.15, -0.1) is 0 Å². The van der Waals surface area contributed by atoms with Gasteiger partial charge in [0.1, 0.15) is 4.90 Å². The second kappa shape index (κ2) is 8.04. The zero-order valence-electron chi connectivity index (χ0n) is 11.9. The van der Waals surface area contributed by atoms with Gasteiger partial charge in [-0.2, -0.15) is 0 Å². The van der Waals surface area contributed by atoms with Crippen LogP contribution in [0, 0.1) is 5.92 Å². The number of sulfonamides is 1. The Kier molecular flexibility index (Phi) is 6.93. The van der Waals surface area contributed by atoms with Gasteiger partial charge in [0.15, 0.2) is 0 Å². The molecule has 2 atom stereocenters. The minimum atomic E-state index is -4.11. The molecule has 1 aromatic heterocycles. The largest absolute Gasteiger partial charge is 0.481 e. The fourth-order valence-electron chi connectivity index (χ4n) is 1.85. The van der Waals surface area contributed by atoms with Crippen LogP contribution in [0.4, 0.5) is 0 Å². The smallest absolute Gasteiger partial charge is 0.308 e. The quantitative estimate of drug-likeness (QED) is 0.573. The number of nitrogens with zero attached hydrogens (tertiary/aromatic N) is 1. The molecule has 0 fully saturated rings. The van der Waals surface area contributed by atoms with Crippen molar-refractivity contribution in [2.45, 2.75) is 30.7 Å². The predicted octanol–water partition coefficient (Wildman–Crippen LogP) is 1.73. The summed E-state index contributed by atoms with van der Waals surface area (Å²) in [7, 11) is -4.11. The number of pyridine rings is 1. The Bertz CT molecular complexity index is 712. The van der Waals surface area contributed by atoms with Crippen LogP contribution in [0.5, 0.6) is 0 Å². The number of carboxylic acids is 2. The summed E-state index contributed by atoms with van der Waals surface area (Å²) in [5.41, 5.74) is 0. The van der Waals surface area contributed by atoms with Crippen LogP contribution >= 0.6 is 27.5 Å². The lowest BCUT2D eigenvalue weighted by molar-refractivity contribution is -0.143. The van der Waals surface area contributed by atoms with E-state index in [1.165, 1.54) is 13.1 Å². The summed E-state index contributed by atoms with van der Waals surface area (Å²) in [6.07, 6.45) is 1.76. The maximum absolute atomic E-state index is 12.3. The van der Waals surface area contributed by atoms with Gasteiger partial charge >= 0.3 is 11.9 Å². The van der Waals surface area contributed by atoms with E-state index in [1.54, 1.807) is 0 Å². The van der Waals surface area contributed by atoms with Crippen molar-refractivity contribution in [2.24, 2.45) is 5.92 Å². The first-order valence-corrected chi connectivity index (χ1v) is 8.97. The van der Waals surface area contributed by atoms with Crippen molar-refractivity contribution in [1.29, 1.82) is 0 Å². The van der Waals surface area contributed by atoms with E-state index in [1.807, 2.05) is 0 Å². The van der Waals surface area contributed by atoms with Crippen LogP contribution in [0.25, 0.3) is 0 Å². The highest BCUT2D eigenvalue weighted by molar-refractivity contribution is 9.10. The molecule has 0 spiro atoms. The summed E-state index contributed by atoms with van der Waals surface area (Å²) in [5.74, 6) is -3.65. The number of carbonyl (C=O) groups is 2. The monoisotopic (exact) mass is 428 g/mol. The topological polar surface area (TPSA) is 134 Å². The van der Waals surface area contributed by atoms with E-state index < -0.39 is 33.9 Å². The molecule has 1 aromatic rings. The highest BCUT2D eigenvalue weighted by atomic mass is 79.9. The Morgan fingerprint density at radius 1 is 1.39 bits per heavy atom. The molecule has 0 aliphatic carbocycles. The molecule has 3 N–H and O–H groups in total. The van der Waals surface area contributed by atoms with E-state index in [0.29, 0.717) is 0 Å². The van der Waals surface area contributed by atoms with E-state index in [0.717, 1.165) is 6.20 Å². The van der Waals surface area contributed by atoms with Crippen LogP contribution in [0.15, 0.2) is 21.8 Å². The standard InChI is InChI=1S/C12H14BrClN2O6S/c1-6(7(12(19)20)2-3-10(17)18)16-23(21,22)9-5-15-4-8(13)11(9)14/h4-7,16H,2-3H2,1H3,(H,17,18)(H,19,20). The van der Waals surface area contributed by atoms with Crippen molar-refractivity contribution in [3.63, 3.8) is 0 Å². The van der Waals surface area contributed by atoms with Crippen LogP contribution in [0.3, 0.4) is 0 Å². The molecule has 8 nitrogen and oxygen atoms in total. The summed E-state index contributed by atoms with van der Waals surface area (Å²) < 4.78 is 27.1.